The number of carbonyl (C=O) groups excluding carboxylic acids is 1. The van der Waals surface area contributed by atoms with E-state index in [0.29, 0.717) is 25.3 Å². The molecule has 4 aliphatic rings. The maximum atomic E-state index is 12.0. The highest BCUT2D eigenvalue weighted by Crippen LogP contribution is 2.61. The molecule has 4 bridgehead atoms. The smallest absolute Gasteiger partial charge is 0.251 e. The van der Waals surface area contributed by atoms with Gasteiger partial charge in [-0.1, -0.05) is 17.9 Å². The van der Waals surface area contributed by atoms with Gasteiger partial charge in [0.25, 0.3) is 5.91 Å². The van der Waals surface area contributed by atoms with Crippen LogP contribution in [0.15, 0.2) is 42.5 Å². The van der Waals surface area contributed by atoms with Gasteiger partial charge in [0.15, 0.2) is 6.79 Å². The molecular formula is C31H37NO4. The molecule has 4 saturated carbocycles. The van der Waals surface area contributed by atoms with Crippen LogP contribution in [0.3, 0.4) is 0 Å². The van der Waals surface area contributed by atoms with E-state index in [2.05, 4.69) is 35.4 Å². The monoisotopic (exact) mass is 487 g/mol. The van der Waals surface area contributed by atoms with E-state index in [1.807, 2.05) is 31.2 Å². The van der Waals surface area contributed by atoms with Crippen molar-refractivity contribution < 1.29 is 19.0 Å². The highest BCUT2D eigenvalue weighted by Gasteiger charge is 2.52. The van der Waals surface area contributed by atoms with Crippen LogP contribution in [0.25, 0.3) is 0 Å². The Morgan fingerprint density at radius 1 is 0.944 bits per heavy atom. The van der Waals surface area contributed by atoms with E-state index in [1.54, 1.807) is 7.11 Å². The Kier molecular flexibility index (Phi) is 7.65. The molecule has 0 radical (unpaired) electrons. The third-order valence-electron chi connectivity index (χ3n) is 8.16. The molecule has 6 rings (SSSR count). The molecule has 5 heteroatoms. The fourth-order valence-electron chi connectivity index (χ4n) is 7.02. The normalized spacial score (nSPS) is 25.8. The molecular weight excluding hydrogens is 450 g/mol. The first-order valence-corrected chi connectivity index (χ1v) is 13.3. The summed E-state index contributed by atoms with van der Waals surface area (Å²) in [4.78, 5) is 12.0. The van der Waals surface area contributed by atoms with Crippen LogP contribution in [-0.4, -0.2) is 39.6 Å². The first-order chi connectivity index (χ1) is 17.6. The number of amides is 1. The van der Waals surface area contributed by atoms with E-state index in [-0.39, 0.29) is 18.1 Å². The Morgan fingerprint density at radius 2 is 1.58 bits per heavy atom. The van der Waals surface area contributed by atoms with Gasteiger partial charge in [0, 0.05) is 35.9 Å². The second-order valence-corrected chi connectivity index (χ2v) is 10.8. The van der Waals surface area contributed by atoms with Crippen molar-refractivity contribution in [3.05, 3.63) is 64.7 Å². The lowest BCUT2D eigenvalue weighted by Gasteiger charge is -2.57. The molecule has 4 aliphatic carbocycles. The fraction of sp³-hybridized carbons (Fsp3) is 0.516. The molecule has 4 fully saturated rings. The molecule has 0 saturated heterocycles. The number of hydrogen-bond acceptors (Lipinski definition) is 4. The number of nitrogens with one attached hydrogen (secondary N) is 1. The van der Waals surface area contributed by atoms with E-state index >= 15 is 0 Å². The van der Waals surface area contributed by atoms with Gasteiger partial charge in [0.2, 0.25) is 0 Å². The van der Waals surface area contributed by atoms with E-state index in [9.17, 15) is 4.79 Å². The zero-order valence-electron chi connectivity index (χ0n) is 21.5. The van der Waals surface area contributed by atoms with Gasteiger partial charge >= 0.3 is 0 Å². The Balaban J connectivity index is 1.37. The van der Waals surface area contributed by atoms with Gasteiger partial charge in [-0.05, 0) is 105 Å². The van der Waals surface area contributed by atoms with Gasteiger partial charge in [-0.2, -0.15) is 0 Å². The summed E-state index contributed by atoms with van der Waals surface area (Å²) in [5.74, 6) is 9.98. The van der Waals surface area contributed by atoms with Gasteiger partial charge in [0.1, 0.15) is 5.75 Å². The van der Waals surface area contributed by atoms with Crippen LogP contribution in [-0.2, 0) is 14.9 Å². The van der Waals surface area contributed by atoms with Crippen LogP contribution >= 0.6 is 0 Å². The number of ether oxygens (including phenoxy) is 3. The molecule has 36 heavy (non-hydrogen) atoms. The molecule has 0 aliphatic heterocycles. The van der Waals surface area contributed by atoms with Crippen molar-refractivity contribution >= 4 is 5.91 Å². The Morgan fingerprint density at radius 3 is 2.22 bits per heavy atom. The summed E-state index contributed by atoms with van der Waals surface area (Å²) in [5, 5.41) is 2.82. The summed E-state index contributed by atoms with van der Waals surface area (Å²) in [6.07, 6.45) is 8.09. The predicted molar refractivity (Wildman–Crippen MR) is 140 cm³/mol. The topological polar surface area (TPSA) is 56.8 Å². The van der Waals surface area contributed by atoms with Gasteiger partial charge in [-0.3, -0.25) is 4.79 Å². The summed E-state index contributed by atoms with van der Waals surface area (Å²) in [6.45, 7) is 3.79. The Hall–Kier alpha value is -2.81. The molecule has 0 unspecified atom stereocenters. The molecule has 1 N–H and O–H groups in total. The highest BCUT2D eigenvalue weighted by atomic mass is 16.7. The molecule has 1 amide bonds. The summed E-state index contributed by atoms with van der Waals surface area (Å²) in [7, 11) is 1.67. The molecule has 5 nitrogen and oxygen atoms in total. The van der Waals surface area contributed by atoms with Gasteiger partial charge < -0.3 is 19.5 Å². The quantitative estimate of drug-likeness (QED) is 0.296. The average molecular weight is 488 g/mol. The third kappa shape index (κ3) is 5.45. The van der Waals surface area contributed by atoms with Crippen molar-refractivity contribution in [2.75, 3.05) is 33.7 Å². The van der Waals surface area contributed by atoms with Gasteiger partial charge in [-0.25, -0.2) is 0 Å². The Labute approximate surface area is 214 Å². The molecule has 190 valence electrons. The molecule has 0 heterocycles. The predicted octanol–water partition coefficient (Wildman–Crippen LogP) is 5.30. The highest BCUT2D eigenvalue weighted by molar-refractivity contribution is 5.94. The number of hydrogen-bond donors (Lipinski definition) is 1. The van der Waals surface area contributed by atoms with E-state index in [4.69, 9.17) is 14.2 Å². The second-order valence-electron chi connectivity index (χ2n) is 10.8. The van der Waals surface area contributed by atoms with Crippen molar-refractivity contribution in [3.8, 4) is 17.6 Å². The fourth-order valence-corrected chi connectivity index (χ4v) is 7.02. The minimum absolute atomic E-state index is 0.0632. The van der Waals surface area contributed by atoms with Gasteiger partial charge in [0.05, 0.1) is 13.2 Å². The average Bonchev–Trinajstić information content (AvgIpc) is 2.87. The maximum absolute atomic E-state index is 12.0. The first kappa shape index (κ1) is 24.9. The number of methoxy groups -OCH3 is 1. The van der Waals surface area contributed by atoms with Crippen molar-refractivity contribution in [1.82, 2.24) is 5.32 Å². The number of carbonyl (C=O) groups is 1. The lowest BCUT2D eigenvalue weighted by molar-refractivity contribution is -0.0189. The molecule has 2 aromatic carbocycles. The van der Waals surface area contributed by atoms with Crippen molar-refractivity contribution in [3.63, 3.8) is 0 Å². The molecule has 0 atom stereocenters. The zero-order chi connectivity index (χ0) is 25.0. The van der Waals surface area contributed by atoms with Crippen LogP contribution in [0.1, 0.15) is 72.5 Å². The van der Waals surface area contributed by atoms with E-state index in [0.717, 1.165) is 34.6 Å². The maximum Gasteiger partial charge on any atom is 0.251 e. The van der Waals surface area contributed by atoms with Crippen molar-refractivity contribution in [2.45, 2.75) is 50.9 Å². The minimum atomic E-state index is -0.0632. The molecule has 0 spiro atoms. The number of benzene rings is 2. The van der Waals surface area contributed by atoms with Gasteiger partial charge in [-0.15, -0.1) is 0 Å². The van der Waals surface area contributed by atoms with Crippen molar-refractivity contribution in [2.24, 2.45) is 17.8 Å². The van der Waals surface area contributed by atoms with Crippen LogP contribution in [0.5, 0.6) is 5.75 Å². The Bertz CT molecular complexity index is 1090. The minimum Gasteiger partial charge on any atom is -0.467 e. The van der Waals surface area contributed by atoms with Crippen LogP contribution in [0.4, 0.5) is 0 Å². The largest absolute Gasteiger partial charge is 0.467 e. The van der Waals surface area contributed by atoms with E-state index in [1.165, 1.54) is 44.1 Å². The zero-order valence-corrected chi connectivity index (χ0v) is 21.5. The van der Waals surface area contributed by atoms with Crippen LogP contribution in [0.2, 0.25) is 0 Å². The first-order valence-electron chi connectivity index (χ1n) is 13.3. The standard InChI is InChI=1S/C31H37NO4/c1-3-32-30(33)27-9-6-22(7-10-27)4-5-23-8-11-28(29(17-23)36-21-35-13-12-34-2)31-18-24-14-25(19-31)16-26(15-24)20-31/h6-11,17,24-26H,3,12-16,18-21H2,1-2H3,(H,32,33). The van der Waals surface area contributed by atoms with Crippen molar-refractivity contribution in [1.29, 1.82) is 0 Å². The van der Waals surface area contributed by atoms with E-state index < -0.39 is 0 Å². The second kappa shape index (κ2) is 11.1. The molecule has 2 aromatic rings. The lowest BCUT2D eigenvalue weighted by atomic mass is 9.48. The van der Waals surface area contributed by atoms with Crippen LogP contribution in [0, 0.1) is 29.6 Å². The number of rotatable bonds is 9. The summed E-state index contributed by atoms with van der Waals surface area (Å²) in [5.41, 5.74) is 4.01. The molecule has 0 aromatic heterocycles. The lowest BCUT2D eigenvalue weighted by Crippen LogP contribution is -2.48. The van der Waals surface area contributed by atoms with Crippen LogP contribution < -0.4 is 10.1 Å². The summed E-state index contributed by atoms with van der Waals surface area (Å²) < 4.78 is 17.0. The SMILES string of the molecule is CCNC(=O)c1ccc(C#Cc2ccc(C34CC5CC(CC(C5)C3)C4)c(OCOCCOC)c2)cc1. The summed E-state index contributed by atoms with van der Waals surface area (Å²) >= 11 is 0. The third-order valence-corrected chi connectivity index (χ3v) is 8.16. The summed E-state index contributed by atoms with van der Waals surface area (Å²) in [6, 6.07) is 13.9.